The number of carboxylic acids is 1. The fourth-order valence-electron chi connectivity index (χ4n) is 1.81. The number of nitrogens with one attached hydrogen (secondary N) is 2. The van der Waals surface area contributed by atoms with Gasteiger partial charge in [-0.1, -0.05) is 30.3 Å². The lowest BCUT2D eigenvalue weighted by atomic mass is 10.2. The number of hydrogen-bond acceptors (Lipinski definition) is 6. The zero-order valence-corrected chi connectivity index (χ0v) is 12.8. The van der Waals surface area contributed by atoms with Crippen LogP contribution >= 0.6 is 0 Å². The molecular formula is C17H16N3O4-. The Hall–Kier alpha value is -3.35. The number of hydrazone groups is 1. The molecule has 7 nitrogen and oxygen atoms in total. The van der Waals surface area contributed by atoms with Crippen molar-refractivity contribution in [2.75, 3.05) is 18.5 Å². The summed E-state index contributed by atoms with van der Waals surface area (Å²) in [6, 6.07) is 16.0. The first kappa shape index (κ1) is 17.0. The lowest BCUT2D eigenvalue weighted by Gasteiger charge is -2.09. The summed E-state index contributed by atoms with van der Waals surface area (Å²) in [5.74, 6) is -1.30. The Morgan fingerprint density at radius 3 is 2.54 bits per heavy atom. The summed E-state index contributed by atoms with van der Waals surface area (Å²) >= 11 is 0. The van der Waals surface area contributed by atoms with Crippen LogP contribution in [0.1, 0.15) is 5.56 Å². The van der Waals surface area contributed by atoms with E-state index in [9.17, 15) is 14.7 Å². The van der Waals surface area contributed by atoms with E-state index in [1.807, 2.05) is 30.3 Å². The summed E-state index contributed by atoms with van der Waals surface area (Å²) in [5.41, 5.74) is 3.75. The minimum Gasteiger partial charge on any atom is -0.546 e. The number of hydrogen-bond donors (Lipinski definition) is 2. The van der Waals surface area contributed by atoms with Gasteiger partial charge < -0.3 is 20.0 Å². The van der Waals surface area contributed by atoms with Gasteiger partial charge in [0.05, 0.1) is 18.7 Å². The van der Waals surface area contributed by atoms with E-state index in [0.29, 0.717) is 11.3 Å². The molecule has 2 rings (SSSR count). The molecule has 24 heavy (non-hydrogen) atoms. The van der Waals surface area contributed by atoms with Gasteiger partial charge in [0.1, 0.15) is 12.4 Å². The van der Waals surface area contributed by atoms with Crippen LogP contribution in [0.3, 0.4) is 0 Å². The van der Waals surface area contributed by atoms with E-state index in [1.165, 1.54) is 6.21 Å². The molecule has 2 N–H and O–H groups in total. The number of ether oxygens (including phenoxy) is 1. The fraction of sp³-hybridized carbons (Fsp3) is 0.118. The maximum absolute atomic E-state index is 11.7. The lowest BCUT2D eigenvalue weighted by molar-refractivity contribution is -0.307. The SMILES string of the molecule is O=C([O-])COc1ccccc1/C=N\NC(=O)CNc1ccccc1. The average molecular weight is 326 g/mol. The Kier molecular flexibility index (Phi) is 6.34. The molecule has 1 amide bonds. The number of carboxylic acid groups (broad SMARTS) is 1. The van der Waals surface area contributed by atoms with Crippen molar-refractivity contribution in [1.82, 2.24) is 5.43 Å². The number of amides is 1. The molecule has 0 atom stereocenters. The zero-order chi connectivity index (χ0) is 17.2. The summed E-state index contributed by atoms with van der Waals surface area (Å²) in [4.78, 5) is 22.1. The summed E-state index contributed by atoms with van der Waals surface area (Å²) in [5, 5.41) is 17.2. The van der Waals surface area contributed by atoms with Crippen molar-refractivity contribution in [3.05, 3.63) is 60.2 Å². The minimum absolute atomic E-state index is 0.0736. The summed E-state index contributed by atoms with van der Waals surface area (Å²) in [6.07, 6.45) is 1.38. The van der Waals surface area contributed by atoms with Gasteiger partial charge >= 0.3 is 0 Å². The van der Waals surface area contributed by atoms with Crippen LogP contribution < -0.4 is 20.6 Å². The number of carbonyl (C=O) groups excluding carboxylic acids is 2. The molecule has 0 saturated heterocycles. The van der Waals surface area contributed by atoms with Crippen LogP contribution in [-0.2, 0) is 9.59 Å². The molecule has 2 aromatic rings. The summed E-state index contributed by atoms with van der Waals surface area (Å²) in [7, 11) is 0. The predicted octanol–water partition coefficient (Wildman–Crippen LogP) is 0.377. The van der Waals surface area contributed by atoms with Crippen molar-refractivity contribution in [2.45, 2.75) is 0 Å². The highest BCUT2D eigenvalue weighted by Crippen LogP contribution is 2.15. The van der Waals surface area contributed by atoms with Gasteiger partial charge in [-0.15, -0.1) is 0 Å². The Morgan fingerprint density at radius 2 is 1.79 bits per heavy atom. The van der Waals surface area contributed by atoms with Crippen LogP contribution in [0.5, 0.6) is 5.75 Å². The molecule has 7 heteroatoms. The van der Waals surface area contributed by atoms with E-state index in [-0.39, 0.29) is 12.5 Å². The normalized spacial score (nSPS) is 10.3. The van der Waals surface area contributed by atoms with Crippen LogP contribution in [0, 0.1) is 0 Å². The van der Waals surface area contributed by atoms with E-state index in [0.717, 1.165) is 5.69 Å². The number of benzene rings is 2. The number of carbonyl (C=O) groups is 2. The van der Waals surface area contributed by atoms with Crippen LogP contribution in [0.2, 0.25) is 0 Å². The number of rotatable bonds is 8. The first-order valence-electron chi connectivity index (χ1n) is 7.17. The van der Waals surface area contributed by atoms with E-state index in [2.05, 4.69) is 15.8 Å². The molecule has 124 valence electrons. The van der Waals surface area contributed by atoms with E-state index in [4.69, 9.17) is 4.74 Å². The molecule has 0 aliphatic carbocycles. The van der Waals surface area contributed by atoms with Gasteiger partial charge in [-0.3, -0.25) is 4.79 Å². The molecule has 0 spiro atoms. The highest BCUT2D eigenvalue weighted by Gasteiger charge is 2.02. The van der Waals surface area contributed by atoms with Gasteiger partial charge in [0.2, 0.25) is 0 Å². The van der Waals surface area contributed by atoms with Gasteiger partial charge in [0, 0.05) is 11.3 Å². The summed E-state index contributed by atoms with van der Waals surface area (Å²) < 4.78 is 5.08. The smallest absolute Gasteiger partial charge is 0.259 e. The van der Waals surface area contributed by atoms with Crippen LogP contribution in [0.15, 0.2) is 59.7 Å². The second-order valence-electron chi connectivity index (χ2n) is 4.71. The number of aliphatic carboxylic acids is 1. The highest BCUT2D eigenvalue weighted by atomic mass is 16.5. The van der Waals surface area contributed by atoms with Crippen LogP contribution in [-0.4, -0.2) is 31.2 Å². The van der Waals surface area contributed by atoms with Crippen molar-refractivity contribution in [3.63, 3.8) is 0 Å². The molecule has 0 aliphatic rings. The molecule has 0 bridgehead atoms. The van der Waals surface area contributed by atoms with Crippen molar-refractivity contribution < 1.29 is 19.4 Å². The standard InChI is InChI=1S/C17H17N3O4/c21-16(11-18-14-7-2-1-3-8-14)20-19-10-13-6-4-5-9-15(13)24-12-17(22)23/h1-10,18H,11-12H2,(H,20,21)(H,22,23)/p-1/b19-10-. The Morgan fingerprint density at radius 1 is 1.08 bits per heavy atom. The zero-order valence-electron chi connectivity index (χ0n) is 12.8. The first-order chi connectivity index (χ1) is 11.6. The molecular weight excluding hydrogens is 310 g/mol. The van der Waals surface area contributed by atoms with Crippen LogP contribution in [0.4, 0.5) is 5.69 Å². The molecule has 0 aromatic heterocycles. The van der Waals surface area contributed by atoms with Crippen molar-refractivity contribution >= 4 is 23.8 Å². The third-order valence-corrected chi connectivity index (χ3v) is 2.88. The largest absolute Gasteiger partial charge is 0.546 e. The maximum atomic E-state index is 11.7. The summed E-state index contributed by atoms with van der Waals surface area (Å²) in [6.45, 7) is -0.484. The van der Waals surface area contributed by atoms with E-state index in [1.54, 1.807) is 24.3 Å². The van der Waals surface area contributed by atoms with Crippen molar-refractivity contribution in [3.8, 4) is 5.75 Å². The fourth-order valence-corrected chi connectivity index (χ4v) is 1.81. The van der Waals surface area contributed by atoms with Crippen molar-refractivity contribution in [1.29, 1.82) is 0 Å². The molecule has 0 aliphatic heterocycles. The van der Waals surface area contributed by atoms with E-state index >= 15 is 0 Å². The van der Waals surface area contributed by atoms with Gasteiger partial charge in [-0.25, -0.2) is 5.43 Å². The van der Waals surface area contributed by atoms with Gasteiger partial charge in [-0.05, 0) is 24.3 Å². The molecule has 0 radical (unpaired) electrons. The average Bonchev–Trinajstić information content (AvgIpc) is 2.60. The molecule has 0 unspecified atom stereocenters. The third-order valence-electron chi connectivity index (χ3n) is 2.88. The van der Waals surface area contributed by atoms with Gasteiger partial charge in [0.15, 0.2) is 0 Å². The number of anilines is 1. The predicted molar refractivity (Wildman–Crippen MR) is 87.6 cm³/mol. The highest BCUT2D eigenvalue weighted by molar-refractivity contribution is 5.86. The molecule has 0 heterocycles. The number of para-hydroxylation sites is 2. The Labute approximate surface area is 139 Å². The Balaban J connectivity index is 1.85. The van der Waals surface area contributed by atoms with Gasteiger partial charge in [0.25, 0.3) is 5.91 Å². The second-order valence-corrected chi connectivity index (χ2v) is 4.71. The minimum atomic E-state index is -1.32. The number of nitrogens with zero attached hydrogens (tertiary/aromatic N) is 1. The quantitative estimate of drug-likeness (QED) is 0.539. The van der Waals surface area contributed by atoms with Gasteiger partial charge in [-0.2, -0.15) is 5.10 Å². The molecule has 2 aromatic carbocycles. The maximum Gasteiger partial charge on any atom is 0.259 e. The molecule has 0 fully saturated rings. The molecule has 0 saturated carbocycles. The topological polar surface area (TPSA) is 103 Å². The Bertz CT molecular complexity index is 717. The van der Waals surface area contributed by atoms with Crippen LogP contribution in [0.25, 0.3) is 0 Å². The monoisotopic (exact) mass is 326 g/mol. The first-order valence-corrected chi connectivity index (χ1v) is 7.17. The third kappa shape index (κ3) is 5.80. The second kappa shape index (κ2) is 8.94. The lowest BCUT2D eigenvalue weighted by Crippen LogP contribution is -2.29. The van der Waals surface area contributed by atoms with Crippen molar-refractivity contribution in [2.24, 2.45) is 5.10 Å². The van der Waals surface area contributed by atoms with E-state index < -0.39 is 12.6 Å².